The maximum atomic E-state index is 11.7. The van der Waals surface area contributed by atoms with Crippen LogP contribution in [0.5, 0.6) is 0 Å². The lowest BCUT2D eigenvalue weighted by Crippen LogP contribution is -2.50. The molecule has 2 N–H and O–H groups in total. The van der Waals surface area contributed by atoms with E-state index in [4.69, 9.17) is 10.5 Å². The Bertz CT molecular complexity index is 205. The van der Waals surface area contributed by atoms with Crippen LogP contribution in [0.15, 0.2) is 0 Å². The molecule has 0 rings (SSSR count). The van der Waals surface area contributed by atoms with Crippen molar-refractivity contribution in [2.75, 3.05) is 20.7 Å². The molecule has 0 aliphatic carbocycles. The molecule has 0 saturated carbocycles. The average Bonchev–Trinajstić information content (AvgIpc) is 2.32. The number of ether oxygens (including phenoxy) is 1. The number of methoxy groups -OCH3 is 1. The topological polar surface area (TPSA) is 55.6 Å². The van der Waals surface area contributed by atoms with Crippen LogP contribution in [0.2, 0.25) is 0 Å². The molecule has 0 aromatic rings. The third-order valence-electron chi connectivity index (χ3n) is 3.33. The molecule has 0 aliphatic heterocycles. The normalized spacial score (nSPS) is 16.6. The van der Waals surface area contributed by atoms with Crippen LogP contribution in [0.3, 0.4) is 0 Å². The lowest BCUT2D eigenvalue weighted by atomic mass is 9.91. The molecule has 0 aromatic carbocycles. The summed E-state index contributed by atoms with van der Waals surface area (Å²) in [6, 6.07) is 0.107. The zero-order valence-corrected chi connectivity index (χ0v) is 11.2. The van der Waals surface area contributed by atoms with Gasteiger partial charge in [0, 0.05) is 14.2 Å². The first-order valence-electron chi connectivity index (χ1n) is 6.01. The van der Waals surface area contributed by atoms with Crippen LogP contribution >= 0.6 is 0 Å². The fourth-order valence-corrected chi connectivity index (χ4v) is 2.10. The molecule has 0 aromatic heterocycles. The van der Waals surface area contributed by atoms with E-state index in [2.05, 4.69) is 20.8 Å². The highest BCUT2D eigenvalue weighted by Gasteiger charge is 2.30. The lowest BCUT2D eigenvalue weighted by molar-refractivity contribution is -0.135. The van der Waals surface area contributed by atoms with Gasteiger partial charge in [-0.3, -0.25) is 4.79 Å². The Morgan fingerprint density at radius 2 is 1.94 bits per heavy atom. The van der Waals surface area contributed by atoms with Crippen LogP contribution in [-0.4, -0.2) is 43.7 Å². The number of hydrogen-bond acceptors (Lipinski definition) is 3. The van der Waals surface area contributed by atoms with Gasteiger partial charge in [-0.05, 0) is 12.3 Å². The second kappa shape index (κ2) is 7.63. The SMILES string of the molecule is CC[C@H](C)[C@@H]([C@@H](CC)OC)N(C)C(=O)CN. The monoisotopic (exact) mass is 230 g/mol. The summed E-state index contributed by atoms with van der Waals surface area (Å²) in [4.78, 5) is 13.4. The van der Waals surface area contributed by atoms with Gasteiger partial charge >= 0.3 is 0 Å². The van der Waals surface area contributed by atoms with E-state index in [1.807, 2.05) is 7.05 Å². The first kappa shape index (κ1) is 15.4. The zero-order valence-electron chi connectivity index (χ0n) is 11.2. The van der Waals surface area contributed by atoms with Gasteiger partial charge in [0.2, 0.25) is 5.91 Å². The first-order valence-corrected chi connectivity index (χ1v) is 6.01. The first-order chi connectivity index (χ1) is 7.53. The molecule has 3 atom stereocenters. The predicted molar refractivity (Wildman–Crippen MR) is 66.2 cm³/mol. The zero-order chi connectivity index (χ0) is 12.7. The summed E-state index contributed by atoms with van der Waals surface area (Å²) in [5, 5.41) is 0. The van der Waals surface area contributed by atoms with Crippen LogP contribution in [0.25, 0.3) is 0 Å². The van der Waals surface area contributed by atoms with Crippen molar-refractivity contribution in [2.24, 2.45) is 11.7 Å². The summed E-state index contributed by atoms with van der Waals surface area (Å²) in [6.07, 6.45) is 2.00. The molecule has 0 bridgehead atoms. The average molecular weight is 230 g/mol. The third kappa shape index (κ3) is 3.76. The Kier molecular flexibility index (Phi) is 7.34. The van der Waals surface area contributed by atoms with Gasteiger partial charge in [-0.15, -0.1) is 0 Å². The van der Waals surface area contributed by atoms with Crippen molar-refractivity contribution < 1.29 is 9.53 Å². The van der Waals surface area contributed by atoms with Crippen molar-refractivity contribution in [2.45, 2.75) is 45.8 Å². The Labute approximate surface area is 99.1 Å². The van der Waals surface area contributed by atoms with Crippen molar-refractivity contribution in [3.63, 3.8) is 0 Å². The Morgan fingerprint density at radius 1 is 1.38 bits per heavy atom. The fourth-order valence-electron chi connectivity index (χ4n) is 2.10. The van der Waals surface area contributed by atoms with Gasteiger partial charge in [0.05, 0.1) is 18.7 Å². The molecule has 0 heterocycles. The van der Waals surface area contributed by atoms with E-state index in [0.29, 0.717) is 5.92 Å². The highest BCUT2D eigenvalue weighted by atomic mass is 16.5. The molecule has 0 saturated heterocycles. The van der Waals surface area contributed by atoms with Gasteiger partial charge < -0.3 is 15.4 Å². The molecule has 0 fully saturated rings. The van der Waals surface area contributed by atoms with Gasteiger partial charge in [-0.25, -0.2) is 0 Å². The second-order valence-corrected chi connectivity index (χ2v) is 4.27. The molecule has 0 unspecified atom stereocenters. The lowest BCUT2D eigenvalue weighted by Gasteiger charge is -2.37. The number of nitrogens with two attached hydrogens (primary N) is 1. The minimum atomic E-state index is -0.0270. The standard InChI is InChI=1S/C12H26N2O2/c1-6-9(3)12(10(7-2)16-5)14(4)11(15)8-13/h9-10,12H,6-8,13H2,1-5H3/t9-,10+,12-/m0/s1. The molecule has 96 valence electrons. The maximum absolute atomic E-state index is 11.7. The molecule has 16 heavy (non-hydrogen) atoms. The summed E-state index contributed by atoms with van der Waals surface area (Å²) in [6.45, 7) is 6.40. The van der Waals surface area contributed by atoms with E-state index < -0.39 is 0 Å². The Hall–Kier alpha value is -0.610. The van der Waals surface area contributed by atoms with E-state index >= 15 is 0 Å². The summed E-state index contributed by atoms with van der Waals surface area (Å²) in [5.74, 6) is 0.381. The van der Waals surface area contributed by atoms with Crippen LogP contribution in [0.4, 0.5) is 0 Å². The minimum Gasteiger partial charge on any atom is -0.379 e. The summed E-state index contributed by atoms with van der Waals surface area (Å²) in [7, 11) is 3.51. The molecule has 0 spiro atoms. The van der Waals surface area contributed by atoms with Gasteiger partial charge in [-0.2, -0.15) is 0 Å². The molecule has 1 amide bonds. The Balaban J connectivity index is 4.84. The van der Waals surface area contributed by atoms with Crippen LogP contribution in [-0.2, 0) is 9.53 Å². The quantitative estimate of drug-likeness (QED) is 0.716. The number of amides is 1. The van der Waals surface area contributed by atoms with Crippen molar-refractivity contribution in [3.8, 4) is 0 Å². The van der Waals surface area contributed by atoms with E-state index in [1.54, 1.807) is 12.0 Å². The van der Waals surface area contributed by atoms with E-state index in [0.717, 1.165) is 12.8 Å². The van der Waals surface area contributed by atoms with Gasteiger partial charge in [0.1, 0.15) is 0 Å². The van der Waals surface area contributed by atoms with Crippen molar-refractivity contribution in [1.82, 2.24) is 4.90 Å². The molecule has 0 aliphatic rings. The minimum absolute atomic E-state index is 0.0270. The van der Waals surface area contributed by atoms with E-state index in [1.165, 1.54) is 0 Å². The van der Waals surface area contributed by atoms with Crippen molar-refractivity contribution in [1.29, 1.82) is 0 Å². The Morgan fingerprint density at radius 3 is 2.25 bits per heavy atom. The summed E-state index contributed by atoms with van der Waals surface area (Å²) < 4.78 is 5.47. The maximum Gasteiger partial charge on any atom is 0.236 e. The molecule has 0 radical (unpaired) electrons. The van der Waals surface area contributed by atoms with Gasteiger partial charge in [0.25, 0.3) is 0 Å². The molecular weight excluding hydrogens is 204 g/mol. The molecule has 4 nitrogen and oxygen atoms in total. The largest absolute Gasteiger partial charge is 0.379 e. The number of rotatable bonds is 7. The highest BCUT2D eigenvalue weighted by Crippen LogP contribution is 2.21. The summed E-state index contributed by atoms with van der Waals surface area (Å²) in [5.41, 5.74) is 5.40. The van der Waals surface area contributed by atoms with E-state index in [-0.39, 0.29) is 24.6 Å². The second-order valence-electron chi connectivity index (χ2n) is 4.27. The van der Waals surface area contributed by atoms with Gasteiger partial charge in [-0.1, -0.05) is 27.2 Å². The van der Waals surface area contributed by atoms with Crippen LogP contribution in [0.1, 0.15) is 33.6 Å². The van der Waals surface area contributed by atoms with Crippen LogP contribution < -0.4 is 5.73 Å². The van der Waals surface area contributed by atoms with E-state index in [9.17, 15) is 4.79 Å². The number of likely N-dealkylation sites (N-methyl/N-ethyl adjacent to an activating group) is 1. The smallest absolute Gasteiger partial charge is 0.236 e. The molecule has 4 heteroatoms. The summed E-state index contributed by atoms with van der Waals surface area (Å²) >= 11 is 0. The number of carbonyl (C=O) groups excluding carboxylic acids is 1. The van der Waals surface area contributed by atoms with Crippen LogP contribution in [0, 0.1) is 5.92 Å². The number of carbonyl (C=O) groups is 1. The van der Waals surface area contributed by atoms with Crippen molar-refractivity contribution >= 4 is 5.91 Å². The van der Waals surface area contributed by atoms with Gasteiger partial charge in [0.15, 0.2) is 0 Å². The number of hydrogen-bond donors (Lipinski definition) is 1. The highest BCUT2D eigenvalue weighted by molar-refractivity contribution is 5.78. The predicted octanol–water partition coefficient (Wildman–Crippen LogP) is 1.24. The third-order valence-corrected chi connectivity index (χ3v) is 3.33. The number of nitrogens with zero attached hydrogens (tertiary/aromatic N) is 1. The molecular formula is C12H26N2O2. The van der Waals surface area contributed by atoms with Crippen molar-refractivity contribution in [3.05, 3.63) is 0 Å². The fraction of sp³-hybridized carbons (Fsp3) is 0.917.